The summed E-state index contributed by atoms with van der Waals surface area (Å²) in [6.45, 7) is 2.91. The molecule has 0 saturated carbocycles. The predicted molar refractivity (Wildman–Crippen MR) is 154 cm³/mol. The van der Waals surface area contributed by atoms with Crippen LogP contribution < -0.4 is 4.74 Å². The standard InChI is InChI=1S/C31H34N4O3S/c1-38-28-9-5-3-7-25(28)21-10-16-35(17-11-21)31(37)27-20-39-30(33-27)22-12-14-34(15-13-22)29(36)18-23-19-32-26-8-4-2-6-24(23)26/h2-9,19-22,32H,10-18H2,1H3. The lowest BCUT2D eigenvalue weighted by Gasteiger charge is -2.32. The van der Waals surface area contributed by atoms with E-state index in [2.05, 4.69) is 23.2 Å². The van der Waals surface area contributed by atoms with Crippen molar-refractivity contribution in [3.8, 4) is 5.75 Å². The molecular weight excluding hydrogens is 508 g/mol. The molecule has 2 fully saturated rings. The van der Waals surface area contributed by atoms with Crippen LogP contribution in [0, 0.1) is 0 Å². The Bertz CT molecular complexity index is 1460. The summed E-state index contributed by atoms with van der Waals surface area (Å²) in [6, 6.07) is 16.3. The van der Waals surface area contributed by atoms with Gasteiger partial charge in [-0.25, -0.2) is 4.98 Å². The van der Waals surface area contributed by atoms with Gasteiger partial charge in [-0.15, -0.1) is 11.3 Å². The van der Waals surface area contributed by atoms with Crippen molar-refractivity contribution in [3.05, 3.63) is 81.9 Å². The number of fused-ring (bicyclic) bond motifs is 1. The highest BCUT2D eigenvalue weighted by atomic mass is 32.1. The minimum atomic E-state index is 0.0299. The molecule has 0 spiro atoms. The van der Waals surface area contributed by atoms with Crippen LogP contribution in [-0.4, -0.2) is 64.9 Å². The number of piperidine rings is 2. The zero-order valence-corrected chi connectivity index (χ0v) is 23.1. The second kappa shape index (κ2) is 11.2. The molecule has 2 aliphatic heterocycles. The number of thiazole rings is 1. The van der Waals surface area contributed by atoms with Gasteiger partial charge in [-0.1, -0.05) is 36.4 Å². The second-order valence-corrected chi connectivity index (χ2v) is 11.5. The van der Waals surface area contributed by atoms with Gasteiger partial charge in [0.05, 0.1) is 18.5 Å². The number of rotatable bonds is 6. The van der Waals surface area contributed by atoms with Gasteiger partial charge in [0.2, 0.25) is 5.91 Å². The van der Waals surface area contributed by atoms with Gasteiger partial charge in [0.1, 0.15) is 11.4 Å². The van der Waals surface area contributed by atoms with Crippen molar-refractivity contribution < 1.29 is 14.3 Å². The maximum Gasteiger partial charge on any atom is 0.273 e. The van der Waals surface area contributed by atoms with Gasteiger partial charge in [0.25, 0.3) is 5.91 Å². The van der Waals surface area contributed by atoms with E-state index in [9.17, 15) is 9.59 Å². The molecule has 2 aromatic carbocycles. The Kier molecular flexibility index (Phi) is 7.37. The summed E-state index contributed by atoms with van der Waals surface area (Å²) in [5.74, 6) is 1.83. The van der Waals surface area contributed by atoms with Crippen LogP contribution in [0.4, 0.5) is 0 Å². The summed E-state index contributed by atoms with van der Waals surface area (Å²) >= 11 is 1.58. The second-order valence-electron chi connectivity index (χ2n) is 10.6. The molecule has 2 aromatic heterocycles. The van der Waals surface area contributed by atoms with Crippen LogP contribution in [0.1, 0.15) is 64.1 Å². The summed E-state index contributed by atoms with van der Waals surface area (Å²) in [7, 11) is 1.71. The third-order valence-corrected chi connectivity index (χ3v) is 9.32. The van der Waals surface area contributed by atoms with Crippen LogP contribution in [0.15, 0.2) is 60.1 Å². The first kappa shape index (κ1) is 25.6. The number of benzene rings is 2. The van der Waals surface area contributed by atoms with Crippen LogP contribution in [0.5, 0.6) is 5.75 Å². The molecule has 0 aliphatic carbocycles. The van der Waals surface area contributed by atoms with Gasteiger partial charge in [0, 0.05) is 54.6 Å². The van der Waals surface area contributed by atoms with E-state index in [1.54, 1.807) is 18.4 Å². The third-order valence-electron chi connectivity index (χ3n) is 8.32. The van der Waals surface area contributed by atoms with Crippen LogP contribution in [-0.2, 0) is 11.2 Å². The monoisotopic (exact) mass is 542 g/mol. The summed E-state index contributed by atoms with van der Waals surface area (Å²) in [5, 5.41) is 4.05. The van der Waals surface area contributed by atoms with E-state index in [1.165, 1.54) is 5.56 Å². The smallest absolute Gasteiger partial charge is 0.273 e. The molecule has 0 atom stereocenters. The van der Waals surface area contributed by atoms with Crippen LogP contribution in [0.2, 0.25) is 0 Å². The predicted octanol–water partition coefficient (Wildman–Crippen LogP) is 5.60. The van der Waals surface area contributed by atoms with Crippen molar-refractivity contribution >= 4 is 34.1 Å². The number of hydrogen-bond donors (Lipinski definition) is 1. The zero-order valence-electron chi connectivity index (χ0n) is 22.3. The fraction of sp³-hybridized carbons (Fsp3) is 0.387. The van der Waals surface area contributed by atoms with Crippen LogP contribution >= 0.6 is 11.3 Å². The zero-order chi connectivity index (χ0) is 26.8. The molecular formula is C31H34N4O3S. The Morgan fingerprint density at radius 3 is 2.44 bits per heavy atom. The van der Waals surface area contributed by atoms with Gasteiger partial charge < -0.3 is 19.5 Å². The Labute approximate surface area is 232 Å². The molecule has 2 saturated heterocycles. The minimum Gasteiger partial charge on any atom is -0.496 e. The number of ether oxygens (including phenoxy) is 1. The number of H-pyrrole nitrogens is 1. The fourth-order valence-corrected chi connectivity index (χ4v) is 7.03. The van der Waals surface area contributed by atoms with Crippen molar-refractivity contribution in [1.82, 2.24) is 19.8 Å². The number of nitrogens with zero attached hydrogens (tertiary/aromatic N) is 3. The topological polar surface area (TPSA) is 78.5 Å². The number of methoxy groups -OCH3 is 1. The number of carbonyl (C=O) groups is 2. The molecule has 0 radical (unpaired) electrons. The van der Waals surface area contributed by atoms with Crippen LogP contribution in [0.25, 0.3) is 10.9 Å². The number of para-hydroxylation sites is 2. The Balaban J connectivity index is 1.01. The van der Waals surface area contributed by atoms with E-state index in [1.807, 2.05) is 51.7 Å². The molecule has 8 heteroatoms. The van der Waals surface area contributed by atoms with E-state index >= 15 is 0 Å². The number of nitrogens with one attached hydrogen (secondary N) is 1. The molecule has 7 nitrogen and oxygen atoms in total. The van der Waals surface area contributed by atoms with E-state index in [-0.39, 0.29) is 11.8 Å². The van der Waals surface area contributed by atoms with Crippen molar-refractivity contribution in [2.24, 2.45) is 0 Å². The lowest BCUT2D eigenvalue weighted by molar-refractivity contribution is -0.131. The SMILES string of the molecule is COc1ccccc1C1CCN(C(=O)c2csc(C3CCN(C(=O)Cc4c[nH]c5ccccc45)CC3)n2)CC1. The number of hydrogen-bond acceptors (Lipinski definition) is 5. The number of carbonyl (C=O) groups excluding carboxylic acids is 2. The highest BCUT2D eigenvalue weighted by molar-refractivity contribution is 7.09. The molecule has 1 N–H and O–H groups in total. The molecule has 4 aromatic rings. The van der Waals surface area contributed by atoms with Crippen LogP contribution in [0.3, 0.4) is 0 Å². The first-order chi connectivity index (χ1) is 19.1. The molecule has 4 heterocycles. The Morgan fingerprint density at radius 1 is 0.949 bits per heavy atom. The van der Waals surface area contributed by atoms with Crippen molar-refractivity contribution in [2.45, 2.75) is 43.9 Å². The molecule has 6 rings (SSSR count). The lowest BCUT2D eigenvalue weighted by atomic mass is 9.88. The van der Waals surface area contributed by atoms with E-state index in [4.69, 9.17) is 9.72 Å². The molecule has 0 unspecified atom stereocenters. The summed E-state index contributed by atoms with van der Waals surface area (Å²) in [4.78, 5) is 38.2. The number of aromatic amines is 1. The number of likely N-dealkylation sites (tertiary alicyclic amines) is 2. The fourth-order valence-electron chi connectivity index (χ4n) is 6.06. The minimum absolute atomic E-state index is 0.0299. The maximum atomic E-state index is 13.2. The first-order valence-corrected chi connectivity index (χ1v) is 14.7. The summed E-state index contributed by atoms with van der Waals surface area (Å²) < 4.78 is 5.55. The molecule has 39 heavy (non-hydrogen) atoms. The van der Waals surface area contributed by atoms with Gasteiger partial charge in [0.15, 0.2) is 0 Å². The first-order valence-electron chi connectivity index (χ1n) is 13.8. The Morgan fingerprint density at radius 2 is 1.64 bits per heavy atom. The van der Waals surface area contributed by atoms with Gasteiger partial charge >= 0.3 is 0 Å². The summed E-state index contributed by atoms with van der Waals surface area (Å²) in [6.07, 6.45) is 5.97. The largest absolute Gasteiger partial charge is 0.496 e. The lowest BCUT2D eigenvalue weighted by Crippen LogP contribution is -2.39. The van der Waals surface area contributed by atoms with Crippen molar-refractivity contribution in [1.29, 1.82) is 0 Å². The average molecular weight is 543 g/mol. The number of amides is 2. The van der Waals surface area contributed by atoms with E-state index in [0.29, 0.717) is 24.0 Å². The Hall–Kier alpha value is -3.65. The molecule has 0 bridgehead atoms. The highest BCUT2D eigenvalue weighted by Crippen LogP contribution is 2.35. The molecule has 202 valence electrons. The van der Waals surface area contributed by atoms with E-state index < -0.39 is 0 Å². The average Bonchev–Trinajstić information content (AvgIpc) is 3.65. The molecule has 2 amide bonds. The third kappa shape index (κ3) is 5.30. The van der Waals surface area contributed by atoms with Crippen molar-refractivity contribution in [3.63, 3.8) is 0 Å². The van der Waals surface area contributed by atoms with Gasteiger partial charge in [-0.2, -0.15) is 0 Å². The molecule has 2 aliphatic rings. The quantitative estimate of drug-likeness (QED) is 0.344. The normalized spacial score (nSPS) is 17.1. The van der Waals surface area contributed by atoms with Crippen molar-refractivity contribution in [2.75, 3.05) is 33.3 Å². The maximum absolute atomic E-state index is 13.2. The van der Waals surface area contributed by atoms with Gasteiger partial charge in [-0.05, 0) is 54.9 Å². The van der Waals surface area contributed by atoms with Gasteiger partial charge in [-0.3, -0.25) is 9.59 Å². The number of aromatic nitrogens is 2. The highest BCUT2D eigenvalue weighted by Gasteiger charge is 2.30. The van der Waals surface area contributed by atoms with E-state index in [0.717, 1.165) is 79.1 Å². The summed E-state index contributed by atoms with van der Waals surface area (Å²) in [5.41, 5.74) is 3.90.